The largest absolute Gasteiger partial charge is 0.121 e. The SMILES string of the molecule is C1=CC=c2ccccc2=CC=1.CC. The molecule has 0 fully saturated rings. The summed E-state index contributed by atoms with van der Waals surface area (Å²) in [7, 11) is 0. The zero-order valence-electron chi connectivity index (χ0n) is 8.12. The summed E-state index contributed by atoms with van der Waals surface area (Å²) in [5.41, 5.74) is 3.03. The highest BCUT2D eigenvalue weighted by molar-refractivity contribution is 5.47. The van der Waals surface area contributed by atoms with E-state index in [-0.39, 0.29) is 0 Å². The summed E-state index contributed by atoms with van der Waals surface area (Å²) in [6.07, 6.45) is 8.00. The number of allylic oxidation sites excluding steroid dienone is 1. The van der Waals surface area contributed by atoms with Crippen molar-refractivity contribution in [3.63, 3.8) is 0 Å². The second-order valence-electron chi connectivity index (χ2n) is 2.46. The van der Waals surface area contributed by atoms with Crippen LogP contribution in [0.15, 0.2) is 42.1 Å². The molecule has 66 valence electrons. The Morgan fingerprint density at radius 2 is 1.31 bits per heavy atom. The first-order chi connectivity index (χ1) is 6.47. The van der Waals surface area contributed by atoms with Gasteiger partial charge in [-0.3, -0.25) is 0 Å². The van der Waals surface area contributed by atoms with Crippen LogP contribution in [0.5, 0.6) is 0 Å². The predicted octanol–water partition coefficient (Wildman–Crippen LogP) is 2.00. The molecule has 13 heavy (non-hydrogen) atoms. The molecule has 1 aromatic rings. The first-order valence-corrected chi connectivity index (χ1v) is 4.65. The van der Waals surface area contributed by atoms with Crippen LogP contribution in [0.2, 0.25) is 0 Å². The summed E-state index contributed by atoms with van der Waals surface area (Å²) in [4.78, 5) is 0. The summed E-state index contributed by atoms with van der Waals surface area (Å²) in [6, 6.07) is 8.29. The van der Waals surface area contributed by atoms with Gasteiger partial charge in [0, 0.05) is 0 Å². The number of rotatable bonds is 0. The van der Waals surface area contributed by atoms with E-state index in [1.807, 2.05) is 38.1 Å². The lowest BCUT2D eigenvalue weighted by Gasteiger charge is -1.84. The lowest BCUT2D eigenvalue weighted by molar-refractivity contribution is 1.50. The molecule has 0 heteroatoms. The molecule has 0 spiro atoms. The Balaban J connectivity index is 0.000000396. The highest BCUT2D eigenvalue weighted by Gasteiger charge is 1.81. The van der Waals surface area contributed by atoms with Gasteiger partial charge in [-0.1, -0.05) is 38.1 Å². The van der Waals surface area contributed by atoms with E-state index in [0.717, 1.165) is 0 Å². The maximum atomic E-state index is 3.03. The number of hydrogen-bond acceptors (Lipinski definition) is 0. The van der Waals surface area contributed by atoms with Gasteiger partial charge in [-0.05, 0) is 34.7 Å². The molecule has 0 heterocycles. The molecular formula is C13H14. The van der Waals surface area contributed by atoms with E-state index in [1.54, 1.807) is 0 Å². The minimum Gasteiger partial charge on any atom is -0.121 e. The van der Waals surface area contributed by atoms with Crippen LogP contribution in [0.3, 0.4) is 0 Å². The van der Waals surface area contributed by atoms with Crippen LogP contribution >= 0.6 is 0 Å². The fraction of sp³-hybridized carbons (Fsp3) is 0.154. The second kappa shape index (κ2) is 5.18. The Kier molecular flexibility index (Phi) is 3.81. The van der Waals surface area contributed by atoms with Crippen LogP contribution in [0.1, 0.15) is 13.8 Å². The average Bonchev–Trinajstić information content (AvgIpc) is 2.45. The van der Waals surface area contributed by atoms with Crippen molar-refractivity contribution in [2.24, 2.45) is 0 Å². The molecule has 0 atom stereocenters. The third-order valence-electron chi connectivity index (χ3n) is 1.71. The van der Waals surface area contributed by atoms with Gasteiger partial charge in [0.1, 0.15) is 0 Å². The Hall–Kier alpha value is -1.52. The molecule has 0 unspecified atom stereocenters. The summed E-state index contributed by atoms with van der Waals surface area (Å²) >= 11 is 0. The summed E-state index contributed by atoms with van der Waals surface area (Å²) < 4.78 is 0. The molecule has 0 nitrogen and oxygen atoms in total. The summed E-state index contributed by atoms with van der Waals surface area (Å²) in [6.45, 7) is 4.00. The van der Waals surface area contributed by atoms with Crippen molar-refractivity contribution in [2.75, 3.05) is 0 Å². The number of hydrogen-bond donors (Lipinski definition) is 0. The van der Waals surface area contributed by atoms with E-state index in [9.17, 15) is 0 Å². The predicted molar refractivity (Wildman–Crippen MR) is 58.6 cm³/mol. The van der Waals surface area contributed by atoms with Crippen LogP contribution in [-0.2, 0) is 0 Å². The Bertz CT molecular complexity index is 390. The van der Waals surface area contributed by atoms with E-state index in [1.165, 1.54) is 10.4 Å². The van der Waals surface area contributed by atoms with Crippen molar-refractivity contribution in [3.8, 4) is 0 Å². The van der Waals surface area contributed by atoms with Crippen molar-refractivity contribution in [1.29, 1.82) is 0 Å². The smallest absolute Gasteiger partial charge is 0.0178 e. The van der Waals surface area contributed by atoms with Crippen LogP contribution in [0.4, 0.5) is 0 Å². The van der Waals surface area contributed by atoms with Gasteiger partial charge in [0.05, 0.1) is 0 Å². The molecule has 0 amide bonds. The minimum atomic E-state index is 1.26. The van der Waals surface area contributed by atoms with Crippen LogP contribution in [0.25, 0.3) is 12.2 Å². The Morgan fingerprint density at radius 1 is 0.846 bits per heavy atom. The molecule has 0 N–H and O–H groups in total. The van der Waals surface area contributed by atoms with E-state index < -0.39 is 0 Å². The normalized spacial score (nSPS) is 11.2. The van der Waals surface area contributed by atoms with Crippen molar-refractivity contribution in [1.82, 2.24) is 0 Å². The minimum absolute atomic E-state index is 1.26. The molecule has 0 aliphatic heterocycles. The van der Waals surface area contributed by atoms with Gasteiger partial charge >= 0.3 is 0 Å². The Morgan fingerprint density at radius 3 is 1.77 bits per heavy atom. The van der Waals surface area contributed by atoms with E-state index in [0.29, 0.717) is 0 Å². The highest BCUT2D eigenvalue weighted by atomic mass is 13.9. The molecule has 0 bridgehead atoms. The van der Waals surface area contributed by atoms with Crippen LogP contribution in [-0.4, -0.2) is 0 Å². The monoisotopic (exact) mass is 170 g/mol. The van der Waals surface area contributed by atoms with Gasteiger partial charge < -0.3 is 0 Å². The van der Waals surface area contributed by atoms with Crippen molar-refractivity contribution >= 4 is 12.2 Å². The topological polar surface area (TPSA) is 0 Å². The molecule has 1 aliphatic rings. The average molecular weight is 170 g/mol. The fourth-order valence-corrected chi connectivity index (χ4v) is 1.15. The van der Waals surface area contributed by atoms with E-state index in [4.69, 9.17) is 0 Å². The quantitative estimate of drug-likeness (QED) is 0.522. The molecule has 0 radical (unpaired) electrons. The summed E-state index contributed by atoms with van der Waals surface area (Å²) in [5.74, 6) is 0. The van der Waals surface area contributed by atoms with Gasteiger partial charge in [0.15, 0.2) is 0 Å². The molecule has 1 aliphatic carbocycles. The number of benzene rings is 1. The molecule has 2 rings (SSSR count). The lowest BCUT2D eigenvalue weighted by atomic mass is 10.2. The van der Waals surface area contributed by atoms with Gasteiger partial charge in [-0.15, -0.1) is 5.73 Å². The zero-order chi connectivity index (χ0) is 9.52. The maximum absolute atomic E-state index is 3.03. The molecule has 0 aromatic heterocycles. The van der Waals surface area contributed by atoms with Gasteiger partial charge in [0.2, 0.25) is 0 Å². The van der Waals surface area contributed by atoms with Gasteiger partial charge in [-0.25, -0.2) is 0 Å². The Labute approximate surface area is 79.2 Å². The standard InChI is InChI=1S/C11H8.C2H6/c1-2-6-10-8-4-5-9-11(10)7-3-1;1-2/h2-9H;1-2H3. The van der Waals surface area contributed by atoms with Gasteiger partial charge in [-0.2, -0.15) is 0 Å². The van der Waals surface area contributed by atoms with Gasteiger partial charge in [0.25, 0.3) is 0 Å². The maximum Gasteiger partial charge on any atom is -0.0178 e. The zero-order valence-corrected chi connectivity index (χ0v) is 8.12. The molecular weight excluding hydrogens is 156 g/mol. The lowest BCUT2D eigenvalue weighted by Crippen LogP contribution is -2.22. The fourth-order valence-electron chi connectivity index (χ4n) is 1.15. The van der Waals surface area contributed by atoms with Crippen molar-refractivity contribution in [3.05, 3.63) is 52.6 Å². The summed E-state index contributed by atoms with van der Waals surface area (Å²) in [5, 5.41) is 2.52. The van der Waals surface area contributed by atoms with E-state index in [2.05, 4.69) is 30.0 Å². The third-order valence-corrected chi connectivity index (χ3v) is 1.71. The molecule has 0 saturated heterocycles. The number of fused-ring (bicyclic) bond motifs is 1. The highest BCUT2D eigenvalue weighted by Crippen LogP contribution is 1.79. The second-order valence-corrected chi connectivity index (χ2v) is 2.46. The van der Waals surface area contributed by atoms with Crippen molar-refractivity contribution < 1.29 is 0 Å². The van der Waals surface area contributed by atoms with Crippen LogP contribution in [0, 0.1) is 0 Å². The van der Waals surface area contributed by atoms with Crippen LogP contribution < -0.4 is 10.4 Å². The molecule has 1 aromatic carbocycles. The third kappa shape index (κ3) is 2.47. The first kappa shape index (κ1) is 9.57. The molecule has 0 saturated carbocycles. The van der Waals surface area contributed by atoms with E-state index >= 15 is 0 Å². The van der Waals surface area contributed by atoms with Crippen molar-refractivity contribution in [2.45, 2.75) is 13.8 Å². The first-order valence-electron chi connectivity index (χ1n) is 4.65.